The normalized spacial score (nSPS) is 15.6. The molecule has 2 amide bonds. The molecular weight excluding hydrogens is 246 g/mol. The molecule has 0 radical (unpaired) electrons. The fourth-order valence-corrected chi connectivity index (χ4v) is 1.73. The first kappa shape index (κ1) is 13.4. The van der Waals surface area contributed by atoms with Gasteiger partial charge >= 0.3 is 0 Å². The van der Waals surface area contributed by atoms with Crippen LogP contribution in [-0.4, -0.2) is 25.0 Å². The molecule has 1 fully saturated rings. The minimum Gasteiger partial charge on any atom is -0.484 e. The predicted octanol–water partition coefficient (Wildman–Crippen LogP) is 0.228. The van der Waals surface area contributed by atoms with Crippen molar-refractivity contribution in [3.63, 3.8) is 0 Å². The number of anilines is 1. The van der Waals surface area contributed by atoms with E-state index in [1.54, 1.807) is 24.3 Å². The molecule has 19 heavy (non-hydrogen) atoms. The average Bonchev–Trinajstić information content (AvgIpc) is 3.19. The lowest BCUT2D eigenvalue weighted by molar-refractivity contribution is -0.121. The molecule has 102 valence electrons. The van der Waals surface area contributed by atoms with Gasteiger partial charge in [-0.3, -0.25) is 9.59 Å². The first-order valence-corrected chi connectivity index (χ1v) is 6.08. The van der Waals surface area contributed by atoms with E-state index in [1.807, 2.05) is 0 Å². The van der Waals surface area contributed by atoms with Gasteiger partial charge in [0.1, 0.15) is 5.75 Å². The lowest BCUT2D eigenvalue weighted by atomic mass is 10.1. The zero-order chi connectivity index (χ0) is 13.9. The predicted molar refractivity (Wildman–Crippen MR) is 70.5 cm³/mol. The van der Waals surface area contributed by atoms with E-state index >= 15 is 0 Å². The maximum absolute atomic E-state index is 11.9. The number of carbonyl (C=O) groups is 2. The highest BCUT2D eigenvalue weighted by Crippen LogP contribution is 2.45. The van der Waals surface area contributed by atoms with Crippen LogP contribution in [0, 0.1) is 5.41 Å². The van der Waals surface area contributed by atoms with Gasteiger partial charge in [0.2, 0.25) is 5.91 Å². The van der Waals surface area contributed by atoms with Gasteiger partial charge in [0, 0.05) is 12.2 Å². The van der Waals surface area contributed by atoms with Crippen LogP contribution in [0.2, 0.25) is 0 Å². The summed E-state index contributed by atoms with van der Waals surface area (Å²) in [4.78, 5) is 22.5. The van der Waals surface area contributed by atoms with E-state index in [4.69, 9.17) is 16.2 Å². The minimum atomic E-state index is -0.531. The van der Waals surface area contributed by atoms with E-state index in [2.05, 4.69) is 5.32 Å². The minimum absolute atomic E-state index is 0.0409. The number of nitrogens with one attached hydrogen (secondary N) is 1. The van der Waals surface area contributed by atoms with Gasteiger partial charge in [0.15, 0.2) is 6.61 Å². The number of carbonyl (C=O) groups excluding carboxylic acids is 2. The van der Waals surface area contributed by atoms with Crippen molar-refractivity contribution in [2.24, 2.45) is 16.9 Å². The first-order valence-electron chi connectivity index (χ1n) is 6.08. The van der Waals surface area contributed by atoms with E-state index in [9.17, 15) is 9.59 Å². The number of nitrogens with two attached hydrogens (primary N) is 2. The molecule has 0 aromatic heterocycles. The summed E-state index contributed by atoms with van der Waals surface area (Å²) >= 11 is 0. The Morgan fingerprint density at radius 3 is 2.37 bits per heavy atom. The Kier molecular flexibility index (Phi) is 3.71. The van der Waals surface area contributed by atoms with Gasteiger partial charge in [0.25, 0.3) is 5.91 Å². The maximum atomic E-state index is 11.9. The van der Waals surface area contributed by atoms with Crippen LogP contribution in [0.5, 0.6) is 5.75 Å². The third-order valence-corrected chi connectivity index (χ3v) is 3.22. The smallest absolute Gasteiger partial charge is 0.255 e. The number of hydrogen-bond donors (Lipinski definition) is 3. The van der Waals surface area contributed by atoms with Gasteiger partial charge in [-0.25, -0.2) is 0 Å². The van der Waals surface area contributed by atoms with Gasteiger partial charge < -0.3 is 21.5 Å². The van der Waals surface area contributed by atoms with Gasteiger partial charge in [0.05, 0.1) is 5.41 Å². The standard InChI is InChI=1S/C13H17N3O3/c14-8-13(5-6-13)12(18)16-9-1-3-10(4-2-9)19-7-11(15)17/h1-4H,5-8,14H2,(H2,15,17)(H,16,18). The zero-order valence-electron chi connectivity index (χ0n) is 10.5. The summed E-state index contributed by atoms with van der Waals surface area (Å²) in [5.41, 5.74) is 10.9. The van der Waals surface area contributed by atoms with E-state index in [0.29, 0.717) is 18.0 Å². The summed E-state index contributed by atoms with van der Waals surface area (Å²) in [5.74, 6) is -0.0476. The van der Waals surface area contributed by atoms with Crippen LogP contribution in [0.1, 0.15) is 12.8 Å². The van der Waals surface area contributed by atoms with Crippen molar-refractivity contribution in [3.05, 3.63) is 24.3 Å². The van der Waals surface area contributed by atoms with E-state index in [0.717, 1.165) is 12.8 Å². The molecule has 0 bridgehead atoms. The Bertz CT molecular complexity index is 480. The molecule has 0 aliphatic heterocycles. The molecule has 0 heterocycles. The topological polar surface area (TPSA) is 107 Å². The summed E-state index contributed by atoms with van der Waals surface area (Å²) in [6.07, 6.45) is 1.68. The lowest BCUT2D eigenvalue weighted by Crippen LogP contribution is -2.30. The second kappa shape index (κ2) is 5.27. The second-order valence-electron chi connectivity index (χ2n) is 4.72. The Balaban J connectivity index is 1.91. The van der Waals surface area contributed by atoms with Crippen LogP contribution in [0.15, 0.2) is 24.3 Å². The Morgan fingerprint density at radius 1 is 1.26 bits per heavy atom. The van der Waals surface area contributed by atoms with Gasteiger partial charge in [-0.15, -0.1) is 0 Å². The Hall–Kier alpha value is -2.08. The fraction of sp³-hybridized carbons (Fsp3) is 0.385. The van der Waals surface area contributed by atoms with Crippen molar-refractivity contribution in [1.82, 2.24) is 0 Å². The average molecular weight is 263 g/mol. The monoisotopic (exact) mass is 263 g/mol. The van der Waals surface area contributed by atoms with E-state index in [-0.39, 0.29) is 17.9 Å². The fourth-order valence-electron chi connectivity index (χ4n) is 1.73. The molecule has 1 aliphatic carbocycles. The summed E-state index contributed by atoms with van der Waals surface area (Å²) in [6, 6.07) is 6.75. The number of primary amides is 1. The number of amides is 2. The third kappa shape index (κ3) is 3.23. The molecule has 6 nitrogen and oxygen atoms in total. The molecule has 1 saturated carbocycles. The van der Waals surface area contributed by atoms with Crippen molar-refractivity contribution in [1.29, 1.82) is 0 Å². The molecule has 2 rings (SSSR count). The van der Waals surface area contributed by atoms with E-state index in [1.165, 1.54) is 0 Å². The molecule has 0 spiro atoms. The Morgan fingerprint density at radius 2 is 1.89 bits per heavy atom. The largest absolute Gasteiger partial charge is 0.484 e. The van der Waals surface area contributed by atoms with Crippen LogP contribution >= 0.6 is 0 Å². The van der Waals surface area contributed by atoms with Crippen LogP contribution in [-0.2, 0) is 9.59 Å². The highest BCUT2D eigenvalue weighted by Gasteiger charge is 2.48. The molecule has 0 unspecified atom stereocenters. The maximum Gasteiger partial charge on any atom is 0.255 e. The summed E-state index contributed by atoms with van der Waals surface area (Å²) in [7, 11) is 0. The van der Waals surface area contributed by atoms with Gasteiger partial charge in [-0.05, 0) is 37.1 Å². The van der Waals surface area contributed by atoms with Crippen LogP contribution in [0.25, 0.3) is 0 Å². The van der Waals surface area contributed by atoms with Crippen molar-refractivity contribution in [3.8, 4) is 5.75 Å². The summed E-state index contributed by atoms with van der Waals surface area (Å²) in [6.45, 7) is 0.209. The number of hydrogen-bond acceptors (Lipinski definition) is 4. The van der Waals surface area contributed by atoms with Crippen molar-refractivity contribution < 1.29 is 14.3 Å². The first-order chi connectivity index (χ1) is 9.05. The van der Waals surface area contributed by atoms with Crippen molar-refractivity contribution in [2.75, 3.05) is 18.5 Å². The number of rotatable bonds is 6. The van der Waals surface area contributed by atoms with Crippen molar-refractivity contribution in [2.45, 2.75) is 12.8 Å². The van der Waals surface area contributed by atoms with Crippen LogP contribution in [0.3, 0.4) is 0 Å². The molecule has 1 aliphatic rings. The zero-order valence-corrected chi connectivity index (χ0v) is 10.5. The molecule has 6 heteroatoms. The van der Waals surface area contributed by atoms with Crippen LogP contribution in [0.4, 0.5) is 5.69 Å². The molecule has 0 saturated heterocycles. The molecular formula is C13H17N3O3. The van der Waals surface area contributed by atoms with Gasteiger partial charge in [-0.1, -0.05) is 0 Å². The molecule has 5 N–H and O–H groups in total. The van der Waals surface area contributed by atoms with Crippen LogP contribution < -0.4 is 21.5 Å². The highest BCUT2D eigenvalue weighted by molar-refractivity contribution is 5.97. The SMILES string of the molecule is NCC1(C(=O)Nc2ccc(OCC(N)=O)cc2)CC1. The second-order valence-corrected chi connectivity index (χ2v) is 4.72. The highest BCUT2D eigenvalue weighted by atomic mass is 16.5. The number of ether oxygens (including phenoxy) is 1. The molecule has 0 atom stereocenters. The summed E-state index contributed by atoms with van der Waals surface area (Å²) in [5, 5.41) is 2.82. The quantitative estimate of drug-likeness (QED) is 0.682. The Labute approximate surface area is 111 Å². The number of benzene rings is 1. The lowest BCUT2D eigenvalue weighted by Gasteiger charge is -2.13. The third-order valence-electron chi connectivity index (χ3n) is 3.22. The van der Waals surface area contributed by atoms with Crippen molar-refractivity contribution >= 4 is 17.5 Å². The van der Waals surface area contributed by atoms with Gasteiger partial charge in [-0.2, -0.15) is 0 Å². The molecule has 1 aromatic carbocycles. The molecule has 1 aromatic rings. The summed E-state index contributed by atoms with van der Waals surface area (Å²) < 4.78 is 5.12. The van der Waals surface area contributed by atoms with E-state index < -0.39 is 5.91 Å².